The molecule has 0 radical (unpaired) electrons. The quantitative estimate of drug-likeness (QED) is 0.458. The molecule has 9 nitrogen and oxygen atoms in total. The number of imidazole rings is 1. The average molecular weight is 452 g/mol. The number of carbonyl (C=O) groups excluding carboxylic acids is 1. The molecule has 0 fully saturated rings. The number of carbonyl (C=O) groups is 1. The largest absolute Gasteiger partial charge is 0.493 e. The van der Waals surface area contributed by atoms with Crippen molar-refractivity contribution in [2.24, 2.45) is 0 Å². The zero-order valence-electron chi connectivity index (χ0n) is 17.3. The molecule has 4 rings (SSSR count). The molecule has 32 heavy (non-hydrogen) atoms. The average Bonchev–Trinajstić information content (AvgIpc) is 3.30. The summed E-state index contributed by atoms with van der Waals surface area (Å²) >= 11 is 0. The third-order valence-corrected chi connectivity index (χ3v) is 6.63. The van der Waals surface area contributed by atoms with Gasteiger partial charge in [-0.3, -0.25) is 9.20 Å². The van der Waals surface area contributed by atoms with Crippen LogP contribution in [0, 0.1) is 0 Å². The first kappa shape index (κ1) is 21.3. The second kappa shape index (κ2) is 8.67. The van der Waals surface area contributed by atoms with Crippen molar-refractivity contribution in [3.8, 4) is 11.5 Å². The van der Waals surface area contributed by atoms with E-state index in [1.165, 1.54) is 44.7 Å². The van der Waals surface area contributed by atoms with Crippen LogP contribution in [0.15, 0.2) is 77.0 Å². The molecular weight excluding hydrogens is 432 g/mol. The number of nitrogens with zero attached hydrogens (tertiary/aromatic N) is 3. The fourth-order valence-corrected chi connectivity index (χ4v) is 4.40. The highest BCUT2D eigenvalue weighted by atomic mass is 32.2. The molecule has 0 aliphatic heterocycles. The van der Waals surface area contributed by atoms with Crippen molar-refractivity contribution in [1.29, 1.82) is 0 Å². The summed E-state index contributed by atoms with van der Waals surface area (Å²) in [4.78, 5) is 20.8. The summed E-state index contributed by atoms with van der Waals surface area (Å²) in [5.74, 6) is 0.985. The first-order chi connectivity index (χ1) is 15.4. The van der Waals surface area contributed by atoms with Crippen molar-refractivity contribution < 1.29 is 22.7 Å². The van der Waals surface area contributed by atoms with Crippen LogP contribution in [-0.2, 0) is 16.4 Å². The molecule has 0 bridgehead atoms. The summed E-state index contributed by atoms with van der Waals surface area (Å²) in [6.07, 6.45) is 6.40. The van der Waals surface area contributed by atoms with E-state index in [9.17, 15) is 13.2 Å². The Morgan fingerprint density at radius 3 is 2.44 bits per heavy atom. The van der Waals surface area contributed by atoms with Crippen LogP contribution in [0.1, 0.15) is 15.9 Å². The standard InChI is InChI=1S/C22H20N4O5S/c1-30-19-8-7-18(11-20(19)31-2)32(28,29)17-5-3-15(4-6-17)12-24-21(27)16-13-25-22-23-9-10-26(22)14-16/h3-11,13-14H,12H2,1-2H3,(H,24,27). The molecule has 1 amide bonds. The topological polar surface area (TPSA) is 112 Å². The first-order valence-electron chi connectivity index (χ1n) is 9.55. The number of hydrogen-bond donors (Lipinski definition) is 1. The van der Waals surface area contributed by atoms with E-state index >= 15 is 0 Å². The molecule has 0 saturated heterocycles. The molecule has 0 unspecified atom stereocenters. The van der Waals surface area contributed by atoms with E-state index in [0.717, 1.165) is 5.56 Å². The summed E-state index contributed by atoms with van der Waals surface area (Å²) in [5.41, 5.74) is 1.14. The molecule has 0 aliphatic carbocycles. The molecule has 10 heteroatoms. The van der Waals surface area contributed by atoms with Crippen LogP contribution < -0.4 is 14.8 Å². The van der Waals surface area contributed by atoms with Gasteiger partial charge in [-0.2, -0.15) is 0 Å². The van der Waals surface area contributed by atoms with Gasteiger partial charge in [-0.1, -0.05) is 12.1 Å². The van der Waals surface area contributed by atoms with E-state index in [2.05, 4.69) is 15.3 Å². The number of methoxy groups -OCH3 is 2. The summed E-state index contributed by atoms with van der Waals surface area (Å²) in [6.45, 7) is 0.234. The van der Waals surface area contributed by atoms with Crippen molar-refractivity contribution in [2.75, 3.05) is 14.2 Å². The Morgan fingerprint density at radius 2 is 1.72 bits per heavy atom. The fraction of sp³-hybridized carbons (Fsp3) is 0.136. The molecule has 0 saturated carbocycles. The molecule has 2 aromatic carbocycles. The predicted molar refractivity (Wildman–Crippen MR) is 116 cm³/mol. The summed E-state index contributed by atoms with van der Waals surface area (Å²) in [7, 11) is -0.815. The summed E-state index contributed by atoms with van der Waals surface area (Å²) < 4.78 is 37.9. The Hall–Kier alpha value is -3.92. The van der Waals surface area contributed by atoms with Crippen molar-refractivity contribution >= 4 is 21.5 Å². The van der Waals surface area contributed by atoms with Gasteiger partial charge in [0, 0.05) is 37.4 Å². The van der Waals surface area contributed by atoms with Crippen LogP contribution in [0.25, 0.3) is 5.78 Å². The van der Waals surface area contributed by atoms with Crippen LogP contribution in [-0.4, -0.2) is 42.9 Å². The molecule has 1 N–H and O–H groups in total. The van der Waals surface area contributed by atoms with Gasteiger partial charge in [0.05, 0.1) is 29.6 Å². The Balaban J connectivity index is 1.47. The zero-order chi connectivity index (χ0) is 22.7. The van der Waals surface area contributed by atoms with Crippen molar-refractivity contribution in [2.45, 2.75) is 16.3 Å². The van der Waals surface area contributed by atoms with Gasteiger partial charge in [-0.25, -0.2) is 18.4 Å². The minimum absolute atomic E-state index is 0.0959. The lowest BCUT2D eigenvalue weighted by Crippen LogP contribution is -2.23. The van der Waals surface area contributed by atoms with E-state index in [1.54, 1.807) is 41.2 Å². The van der Waals surface area contributed by atoms with Crippen molar-refractivity contribution in [1.82, 2.24) is 19.7 Å². The molecular formula is C22H20N4O5S. The Labute approximate surface area is 184 Å². The molecule has 164 valence electrons. The Kier molecular flexibility index (Phi) is 5.78. The minimum Gasteiger partial charge on any atom is -0.493 e. The van der Waals surface area contributed by atoms with E-state index in [1.807, 2.05) is 0 Å². The van der Waals surface area contributed by atoms with E-state index in [4.69, 9.17) is 9.47 Å². The number of ether oxygens (including phenoxy) is 2. The summed E-state index contributed by atoms with van der Waals surface area (Å²) in [6, 6.07) is 10.8. The van der Waals surface area contributed by atoms with E-state index < -0.39 is 9.84 Å². The lowest BCUT2D eigenvalue weighted by Gasteiger charge is -2.11. The third kappa shape index (κ3) is 4.12. The monoisotopic (exact) mass is 452 g/mol. The number of benzene rings is 2. The minimum atomic E-state index is -3.74. The Bertz CT molecular complexity index is 1380. The SMILES string of the molecule is COc1ccc(S(=O)(=O)c2ccc(CNC(=O)c3cnc4nccn4c3)cc2)cc1OC. The first-order valence-corrected chi connectivity index (χ1v) is 11.0. The van der Waals surface area contributed by atoms with Gasteiger partial charge in [-0.15, -0.1) is 0 Å². The number of amides is 1. The number of sulfone groups is 1. The van der Waals surface area contributed by atoms with E-state index in [0.29, 0.717) is 22.8 Å². The van der Waals surface area contributed by atoms with Crippen molar-refractivity contribution in [3.05, 3.63) is 78.4 Å². The fourth-order valence-electron chi connectivity index (χ4n) is 3.12. The maximum atomic E-state index is 13.0. The molecule has 2 heterocycles. The second-order valence-electron chi connectivity index (χ2n) is 6.82. The predicted octanol–water partition coefficient (Wildman–Crippen LogP) is 2.51. The van der Waals surface area contributed by atoms with Crippen LogP contribution >= 0.6 is 0 Å². The molecule has 0 atom stereocenters. The number of nitrogens with one attached hydrogen (secondary N) is 1. The molecule has 0 aliphatic rings. The molecule has 0 spiro atoms. The highest BCUT2D eigenvalue weighted by Gasteiger charge is 2.20. The number of aromatic nitrogens is 3. The van der Waals surface area contributed by atoms with Crippen molar-refractivity contribution in [3.63, 3.8) is 0 Å². The third-order valence-electron chi connectivity index (χ3n) is 4.86. The maximum absolute atomic E-state index is 13.0. The highest BCUT2D eigenvalue weighted by Crippen LogP contribution is 2.31. The lowest BCUT2D eigenvalue weighted by atomic mass is 10.2. The van der Waals surface area contributed by atoms with Gasteiger partial charge in [0.1, 0.15) is 0 Å². The number of hydrogen-bond acceptors (Lipinski definition) is 7. The van der Waals surface area contributed by atoms with E-state index in [-0.39, 0.29) is 22.2 Å². The van der Waals surface area contributed by atoms with Crippen LogP contribution in [0.3, 0.4) is 0 Å². The normalized spacial score (nSPS) is 11.3. The molecule has 2 aromatic heterocycles. The van der Waals surface area contributed by atoms with Gasteiger partial charge in [0.25, 0.3) is 5.91 Å². The molecule has 4 aromatic rings. The van der Waals surface area contributed by atoms with Crippen LogP contribution in [0.2, 0.25) is 0 Å². The smallest absolute Gasteiger partial charge is 0.254 e. The maximum Gasteiger partial charge on any atom is 0.254 e. The van der Waals surface area contributed by atoms with Gasteiger partial charge in [-0.05, 0) is 29.8 Å². The second-order valence-corrected chi connectivity index (χ2v) is 8.77. The zero-order valence-corrected chi connectivity index (χ0v) is 18.2. The van der Waals surface area contributed by atoms with Gasteiger partial charge in [0.2, 0.25) is 15.6 Å². The van der Waals surface area contributed by atoms with Crippen LogP contribution in [0.4, 0.5) is 0 Å². The van der Waals surface area contributed by atoms with Gasteiger partial charge in [0.15, 0.2) is 11.5 Å². The van der Waals surface area contributed by atoms with Gasteiger partial charge < -0.3 is 14.8 Å². The highest BCUT2D eigenvalue weighted by molar-refractivity contribution is 7.91. The van der Waals surface area contributed by atoms with Gasteiger partial charge >= 0.3 is 0 Å². The number of fused-ring (bicyclic) bond motifs is 1. The number of rotatable bonds is 7. The Morgan fingerprint density at radius 1 is 1.00 bits per heavy atom. The van der Waals surface area contributed by atoms with Crippen LogP contribution in [0.5, 0.6) is 11.5 Å². The lowest BCUT2D eigenvalue weighted by molar-refractivity contribution is 0.0950. The summed E-state index contributed by atoms with van der Waals surface area (Å²) in [5, 5.41) is 2.80.